The molecule has 32 heavy (non-hydrogen) atoms. The van der Waals surface area contributed by atoms with Crippen molar-refractivity contribution in [2.75, 3.05) is 18.4 Å². The van der Waals surface area contributed by atoms with E-state index in [0.717, 1.165) is 12.8 Å². The van der Waals surface area contributed by atoms with Crippen molar-refractivity contribution in [1.29, 1.82) is 0 Å². The summed E-state index contributed by atoms with van der Waals surface area (Å²) < 4.78 is 43.4. The molecule has 1 aliphatic heterocycles. The largest absolute Gasteiger partial charge is 0.329 e. The van der Waals surface area contributed by atoms with Crippen LogP contribution in [-0.2, 0) is 21.4 Å². The third kappa shape index (κ3) is 4.07. The number of hydrogen-bond donors (Lipinski definition) is 1. The summed E-state index contributed by atoms with van der Waals surface area (Å²) in [7, 11) is -3.68. The lowest BCUT2D eigenvalue weighted by Crippen LogP contribution is -2.30. The van der Waals surface area contributed by atoms with E-state index in [0.29, 0.717) is 29.8 Å². The van der Waals surface area contributed by atoms with Crippen LogP contribution in [0.4, 0.5) is 10.1 Å². The molecule has 0 aliphatic carbocycles. The highest BCUT2D eigenvalue weighted by atomic mass is 32.2. The van der Waals surface area contributed by atoms with Gasteiger partial charge in [-0.3, -0.25) is 13.9 Å². The van der Waals surface area contributed by atoms with Crippen LogP contribution in [0.3, 0.4) is 0 Å². The predicted octanol–water partition coefficient (Wildman–Crippen LogP) is 2.95. The number of carbonyl (C=O) groups excluding carboxylic acids is 1. The molecule has 1 amide bonds. The second-order valence-corrected chi connectivity index (χ2v) is 10.1. The molecule has 2 heterocycles. The van der Waals surface area contributed by atoms with E-state index in [2.05, 4.69) is 5.32 Å². The molecule has 170 valence electrons. The Bertz CT molecular complexity index is 1320. The van der Waals surface area contributed by atoms with Gasteiger partial charge < -0.3 is 5.32 Å². The Morgan fingerprint density at radius 3 is 2.34 bits per heavy atom. The van der Waals surface area contributed by atoms with Crippen molar-refractivity contribution in [2.24, 2.45) is 0 Å². The number of aromatic nitrogens is 2. The van der Waals surface area contributed by atoms with E-state index >= 15 is 0 Å². The van der Waals surface area contributed by atoms with E-state index in [4.69, 9.17) is 0 Å². The van der Waals surface area contributed by atoms with E-state index in [-0.39, 0.29) is 17.5 Å². The van der Waals surface area contributed by atoms with Crippen LogP contribution in [0.25, 0.3) is 11.0 Å². The van der Waals surface area contributed by atoms with Gasteiger partial charge in [0.15, 0.2) is 0 Å². The van der Waals surface area contributed by atoms with Gasteiger partial charge in [0.1, 0.15) is 12.4 Å². The zero-order valence-corrected chi connectivity index (χ0v) is 18.7. The molecule has 3 aromatic rings. The Kier molecular flexibility index (Phi) is 5.91. The first-order chi connectivity index (χ1) is 15.2. The molecule has 0 unspecified atom stereocenters. The van der Waals surface area contributed by atoms with Crippen molar-refractivity contribution in [3.05, 3.63) is 58.8 Å². The summed E-state index contributed by atoms with van der Waals surface area (Å²) in [5, 5.41) is 2.64. The Labute approximate surface area is 185 Å². The highest BCUT2D eigenvalue weighted by molar-refractivity contribution is 7.89. The first-order valence-corrected chi connectivity index (χ1v) is 11.9. The first-order valence-electron chi connectivity index (χ1n) is 10.5. The minimum atomic E-state index is -3.68. The van der Waals surface area contributed by atoms with E-state index < -0.39 is 27.4 Å². The van der Waals surface area contributed by atoms with Crippen LogP contribution in [-0.4, -0.2) is 40.9 Å². The van der Waals surface area contributed by atoms with Crippen LogP contribution < -0.4 is 11.0 Å². The number of sulfonamides is 1. The number of nitrogens with zero attached hydrogens (tertiary/aromatic N) is 3. The second kappa shape index (κ2) is 8.51. The Balaban J connectivity index is 1.74. The number of carbonyl (C=O) groups is 1. The van der Waals surface area contributed by atoms with Gasteiger partial charge in [-0.2, -0.15) is 4.31 Å². The molecule has 0 bridgehead atoms. The zero-order chi connectivity index (χ0) is 23.0. The van der Waals surface area contributed by atoms with Gasteiger partial charge in [0.2, 0.25) is 15.9 Å². The van der Waals surface area contributed by atoms with Crippen molar-refractivity contribution in [2.45, 2.75) is 44.2 Å². The van der Waals surface area contributed by atoms with Crippen LogP contribution >= 0.6 is 0 Å². The molecule has 1 aromatic heterocycles. The third-order valence-corrected chi connectivity index (χ3v) is 7.48. The molecule has 1 aliphatic rings. The quantitative estimate of drug-likeness (QED) is 0.612. The molecule has 8 nitrogen and oxygen atoms in total. The molecule has 0 saturated carbocycles. The van der Waals surface area contributed by atoms with E-state index in [1.54, 1.807) is 6.07 Å². The van der Waals surface area contributed by atoms with Crippen LogP contribution in [0.1, 0.15) is 32.7 Å². The number of halogens is 1. The minimum Gasteiger partial charge on any atom is -0.325 e. The summed E-state index contributed by atoms with van der Waals surface area (Å²) in [6.07, 6.45) is 1.64. The SMILES string of the molecule is CC(C)n1c(=O)n(CC(=O)Nc2ccc(F)cc2)c2cc(S(=O)(=O)N3CCCC3)ccc21. The Hall–Kier alpha value is -2.98. The number of amides is 1. The van der Waals surface area contributed by atoms with E-state index in [9.17, 15) is 22.4 Å². The summed E-state index contributed by atoms with van der Waals surface area (Å²) in [5.74, 6) is -0.903. The van der Waals surface area contributed by atoms with Crippen molar-refractivity contribution >= 4 is 32.7 Å². The topological polar surface area (TPSA) is 93.4 Å². The molecular weight excluding hydrogens is 435 g/mol. The number of hydrogen-bond acceptors (Lipinski definition) is 4. The van der Waals surface area contributed by atoms with Crippen molar-refractivity contribution in [3.8, 4) is 0 Å². The monoisotopic (exact) mass is 460 g/mol. The van der Waals surface area contributed by atoms with Gasteiger partial charge in [-0.25, -0.2) is 17.6 Å². The van der Waals surface area contributed by atoms with Crippen LogP contribution in [0.15, 0.2) is 52.2 Å². The summed E-state index contributed by atoms with van der Waals surface area (Å²) in [6.45, 7) is 4.33. The highest BCUT2D eigenvalue weighted by Gasteiger charge is 2.28. The van der Waals surface area contributed by atoms with Crippen molar-refractivity contribution < 1.29 is 17.6 Å². The lowest BCUT2D eigenvalue weighted by atomic mass is 10.3. The standard InChI is InChI=1S/C22H25FN4O4S/c1-15(2)27-19-10-9-18(32(30,31)25-11-3-4-12-25)13-20(19)26(22(27)29)14-21(28)24-17-7-5-16(23)6-8-17/h5-10,13,15H,3-4,11-12,14H2,1-2H3,(H,24,28). The fourth-order valence-electron chi connectivity index (χ4n) is 4.03. The van der Waals surface area contributed by atoms with Crippen LogP contribution in [0, 0.1) is 5.82 Å². The highest BCUT2D eigenvalue weighted by Crippen LogP contribution is 2.25. The lowest BCUT2D eigenvalue weighted by Gasteiger charge is -2.16. The molecule has 1 N–H and O–H groups in total. The molecule has 1 fully saturated rings. The van der Waals surface area contributed by atoms with Gasteiger partial charge in [-0.15, -0.1) is 0 Å². The molecule has 0 atom stereocenters. The number of benzene rings is 2. The van der Waals surface area contributed by atoms with Gasteiger partial charge in [0.25, 0.3) is 0 Å². The summed E-state index contributed by atoms with van der Waals surface area (Å²) in [5.41, 5.74) is 0.924. The summed E-state index contributed by atoms with van der Waals surface area (Å²) in [6, 6.07) is 9.71. The summed E-state index contributed by atoms with van der Waals surface area (Å²) in [4.78, 5) is 25.8. The van der Waals surface area contributed by atoms with Crippen LogP contribution in [0.5, 0.6) is 0 Å². The van der Waals surface area contributed by atoms with Crippen molar-refractivity contribution in [3.63, 3.8) is 0 Å². The normalized spacial score (nSPS) is 15.0. The average molecular weight is 461 g/mol. The minimum absolute atomic E-state index is 0.0977. The summed E-state index contributed by atoms with van der Waals surface area (Å²) >= 11 is 0. The number of anilines is 1. The average Bonchev–Trinajstić information content (AvgIpc) is 3.37. The van der Waals surface area contributed by atoms with Gasteiger partial charge in [-0.05, 0) is 69.2 Å². The molecule has 4 rings (SSSR count). The third-order valence-electron chi connectivity index (χ3n) is 5.58. The lowest BCUT2D eigenvalue weighted by molar-refractivity contribution is -0.116. The first kappa shape index (κ1) is 22.2. The maximum absolute atomic E-state index is 13.1. The maximum atomic E-state index is 13.1. The molecule has 2 aromatic carbocycles. The molecular formula is C22H25FN4O4S. The maximum Gasteiger partial charge on any atom is 0.329 e. The number of rotatable bonds is 6. The van der Waals surface area contributed by atoms with E-state index in [1.807, 2.05) is 13.8 Å². The smallest absolute Gasteiger partial charge is 0.325 e. The number of nitrogens with one attached hydrogen (secondary N) is 1. The molecule has 0 spiro atoms. The Morgan fingerprint density at radius 1 is 1.06 bits per heavy atom. The van der Waals surface area contributed by atoms with Crippen molar-refractivity contribution in [1.82, 2.24) is 13.4 Å². The zero-order valence-electron chi connectivity index (χ0n) is 17.9. The van der Waals surface area contributed by atoms with Gasteiger partial charge in [0.05, 0.1) is 15.9 Å². The number of fused-ring (bicyclic) bond motifs is 1. The fraction of sp³-hybridized carbons (Fsp3) is 0.364. The second-order valence-electron chi connectivity index (χ2n) is 8.15. The van der Waals surface area contributed by atoms with Gasteiger partial charge >= 0.3 is 5.69 Å². The van der Waals surface area contributed by atoms with Gasteiger partial charge in [-0.1, -0.05) is 0 Å². The Morgan fingerprint density at radius 2 is 1.72 bits per heavy atom. The molecule has 0 radical (unpaired) electrons. The van der Waals surface area contributed by atoms with Crippen LogP contribution in [0.2, 0.25) is 0 Å². The number of imidazole rings is 1. The predicted molar refractivity (Wildman–Crippen MR) is 120 cm³/mol. The molecule has 1 saturated heterocycles. The fourth-order valence-corrected chi connectivity index (χ4v) is 5.56. The van der Waals surface area contributed by atoms with Gasteiger partial charge in [0, 0.05) is 24.8 Å². The molecule has 10 heteroatoms. The van der Waals surface area contributed by atoms with E-state index in [1.165, 1.54) is 49.8 Å².